The average Bonchev–Trinajstić information content (AvgIpc) is 3.85. The highest BCUT2D eigenvalue weighted by Crippen LogP contribution is 2.43. The molecule has 0 fully saturated rings. The predicted molar refractivity (Wildman–Crippen MR) is 243 cm³/mol. The third-order valence-electron chi connectivity index (χ3n) is 10.2. The number of anilines is 6. The van der Waals surface area contributed by atoms with Gasteiger partial charge in [0.05, 0.1) is 6.54 Å². The van der Waals surface area contributed by atoms with Gasteiger partial charge in [-0.05, 0) is 89.8 Å². The molecule has 0 saturated carbocycles. The van der Waals surface area contributed by atoms with Crippen molar-refractivity contribution in [3.63, 3.8) is 0 Å². The molecule has 0 aliphatic carbocycles. The minimum Gasteiger partial charge on any atom is -0.311 e. The maximum Gasteiger partial charge on any atom is 0.165 e. The van der Waals surface area contributed by atoms with Crippen molar-refractivity contribution in [1.29, 1.82) is 0 Å². The smallest absolute Gasteiger partial charge is 0.165 e. The van der Waals surface area contributed by atoms with Gasteiger partial charge in [-0.3, -0.25) is 0 Å². The molecular formula is C51H50N8. The largest absolute Gasteiger partial charge is 0.311 e. The van der Waals surface area contributed by atoms with E-state index in [1.165, 1.54) is 0 Å². The minimum atomic E-state index is 0. The molecular weight excluding hydrogens is 725 g/mol. The molecule has 0 saturated heterocycles. The molecule has 2 heterocycles. The SMILES string of the molecule is C.CC(C)Cn1nc2c(-c3ccc(N(c4ccccc4)c4ccccc4)cc3)c3n[n+](CC(C)C)[n-]c3c(-c3ccc(N(c4ccccc4)c4ccccc4)cc3)c2n1. The van der Waals surface area contributed by atoms with E-state index < -0.39 is 0 Å². The van der Waals surface area contributed by atoms with Crippen LogP contribution in [0.1, 0.15) is 35.1 Å². The van der Waals surface area contributed by atoms with Crippen LogP contribution >= 0.6 is 0 Å². The summed E-state index contributed by atoms with van der Waals surface area (Å²) in [5.41, 5.74) is 13.6. The van der Waals surface area contributed by atoms with Gasteiger partial charge in [-0.2, -0.15) is 30.0 Å². The summed E-state index contributed by atoms with van der Waals surface area (Å²) < 4.78 is 0. The van der Waals surface area contributed by atoms with Gasteiger partial charge in [-0.1, -0.05) is 132 Å². The second kappa shape index (κ2) is 16.8. The number of hydrogen-bond donors (Lipinski definition) is 0. The Morgan fingerprint density at radius 1 is 0.475 bits per heavy atom. The summed E-state index contributed by atoms with van der Waals surface area (Å²) >= 11 is 0. The molecule has 8 heteroatoms. The Bertz CT molecular complexity index is 2430. The van der Waals surface area contributed by atoms with Gasteiger partial charge >= 0.3 is 0 Å². The molecule has 7 aromatic carbocycles. The van der Waals surface area contributed by atoms with Gasteiger partial charge in [0, 0.05) is 62.2 Å². The first kappa shape index (κ1) is 38.8. The lowest BCUT2D eigenvalue weighted by atomic mass is 9.95. The maximum atomic E-state index is 5.22. The molecule has 0 bridgehead atoms. The Hall–Kier alpha value is -7.06. The zero-order valence-electron chi connectivity index (χ0n) is 33.3. The van der Waals surface area contributed by atoms with Gasteiger partial charge in [0.25, 0.3) is 0 Å². The van der Waals surface area contributed by atoms with E-state index in [0.717, 1.165) is 78.4 Å². The highest BCUT2D eigenvalue weighted by atomic mass is 15.5. The van der Waals surface area contributed by atoms with Crippen LogP contribution < -0.4 is 19.7 Å². The van der Waals surface area contributed by atoms with Gasteiger partial charge in [-0.25, -0.2) is 0 Å². The molecule has 0 amide bonds. The monoisotopic (exact) mass is 774 g/mol. The van der Waals surface area contributed by atoms with E-state index in [1.807, 2.05) is 33.9 Å². The second-order valence-corrected chi connectivity index (χ2v) is 15.5. The maximum absolute atomic E-state index is 5.22. The first-order valence-corrected chi connectivity index (χ1v) is 20.1. The van der Waals surface area contributed by atoms with Crippen LogP contribution in [0.5, 0.6) is 0 Å². The lowest BCUT2D eigenvalue weighted by Crippen LogP contribution is -2.42. The predicted octanol–water partition coefficient (Wildman–Crippen LogP) is 12.4. The van der Waals surface area contributed by atoms with Crippen molar-refractivity contribution >= 4 is 56.2 Å². The van der Waals surface area contributed by atoms with Crippen LogP contribution in [0.25, 0.3) is 44.3 Å². The summed E-state index contributed by atoms with van der Waals surface area (Å²) in [6, 6.07) is 59.4. The fraction of sp³-hybridized carbons (Fsp3) is 0.176. The van der Waals surface area contributed by atoms with E-state index in [4.69, 9.17) is 20.4 Å². The Morgan fingerprint density at radius 2 is 0.847 bits per heavy atom. The molecule has 0 aliphatic rings. The van der Waals surface area contributed by atoms with Crippen LogP contribution in [-0.4, -0.2) is 20.1 Å². The Morgan fingerprint density at radius 3 is 1.24 bits per heavy atom. The molecule has 0 unspecified atom stereocenters. The van der Waals surface area contributed by atoms with Crippen LogP contribution in [0.3, 0.4) is 0 Å². The molecule has 0 spiro atoms. The average molecular weight is 775 g/mol. The van der Waals surface area contributed by atoms with Crippen molar-refractivity contribution in [1.82, 2.24) is 25.2 Å². The van der Waals surface area contributed by atoms with Crippen LogP contribution in [0.4, 0.5) is 34.1 Å². The second-order valence-electron chi connectivity index (χ2n) is 15.5. The molecule has 8 nitrogen and oxygen atoms in total. The number of nitrogens with zero attached hydrogens (tertiary/aromatic N) is 8. The molecule has 0 N–H and O–H groups in total. The lowest BCUT2D eigenvalue weighted by molar-refractivity contribution is -0.808. The zero-order chi connectivity index (χ0) is 39.6. The van der Waals surface area contributed by atoms with E-state index in [2.05, 4.69) is 183 Å². The number of rotatable bonds is 12. The molecule has 0 aliphatic heterocycles. The molecule has 294 valence electrons. The van der Waals surface area contributed by atoms with Crippen molar-refractivity contribution in [2.24, 2.45) is 11.8 Å². The summed E-state index contributed by atoms with van der Waals surface area (Å²) in [5, 5.41) is 20.9. The summed E-state index contributed by atoms with van der Waals surface area (Å²) in [4.78, 5) is 8.25. The van der Waals surface area contributed by atoms with E-state index in [0.29, 0.717) is 24.9 Å². The van der Waals surface area contributed by atoms with Crippen molar-refractivity contribution in [3.8, 4) is 22.3 Å². The van der Waals surface area contributed by atoms with Gasteiger partial charge in [0.1, 0.15) is 11.0 Å². The molecule has 9 aromatic rings. The number of aromatic nitrogens is 6. The topological polar surface area (TPSA) is 68.1 Å². The fourth-order valence-corrected chi connectivity index (χ4v) is 7.71. The number of hydrogen-bond acceptors (Lipinski definition) is 5. The van der Waals surface area contributed by atoms with Crippen molar-refractivity contribution < 1.29 is 4.80 Å². The van der Waals surface area contributed by atoms with E-state index >= 15 is 0 Å². The molecule has 9 rings (SSSR count). The van der Waals surface area contributed by atoms with E-state index in [1.54, 1.807) is 0 Å². The van der Waals surface area contributed by atoms with Gasteiger partial charge in [0.2, 0.25) is 0 Å². The van der Waals surface area contributed by atoms with Gasteiger partial charge < -0.3 is 9.80 Å². The first-order chi connectivity index (χ1) is 28.4. The van der Waals surface area contributed by atoms with Gasteiger partial charge in [0.15, 0.2) is 6.54 Å². The summed E-state index contributed by atoms with van der Waals surface area (Å²) in [6.07, 6.45) is 0. The Labute approximate surface area is 347 Å². The van der Waals surface area contributed by atoms with E-state index in [-0.39, 0.29) is 7.43 Å². The number of para-hydroxylation sites is 4. The van der Waals surface area contributed by atoms with Gasteiger partial charge in [-0.15, -0.1) is 0 Å². The molecule has 0 radical (unpaired) electrons. The third-order valence-corrected chi connectivity index (χ3v) is 10.2. The zero-order valence-corrected chi connectivity index (χ0v) is 33.3. The number of benzene rings is 7. The molecule has 2 aromatic heterocycles. The van der Waals surface area contributed by atoms with Crippen molar-refractivity contribution in [3.05, 3.63) is 170 Å². The third kappa shape index (κ3) is 7.82. The van der Waals surface area contributed by atoms with Crippen LogP contribution in [0.2, 0.25) is 0 Å². The van der Waals surface area contributed by atoms with Crippen molar-refractivity contribution in [2.45, 2.75) is 48.2 Å². The Kier molecular flexibility index (Phi) is 11.1. The highest BCUT2D eigenvalue weighted by molar-refractivity contribution is 6.16. The first-order valence-electron chi connectivity index (χ1n) is 20.1. The van der Waals surface area contributed by atoms with Crippen LogP contribution in [0, 0.1) is 11.8 Å². The van der Waals surface area contributed by atoms with Crippen LogP contribution in [0.15, 0.2) is 170 Å². The highest BCUT2D eigenvalue weighted by Gasteiger charge is 2.24. The quantitative estimate of drug-likeness (QED) is 0.115. The Balaban J connectivity index is 0.00000484. The normalized spacial score (nSPS) is 11.4. The van der Waals surface area contributed by atoms with Crippen molar-refractivity contribution in [2.75, 3.05) is 9.80 Å². The van der Waals surface area contributed by atoms with Crippen LogP contribution in [-0.2, 0) is 13.1 Å². The molecule has 0 atom stereocenters. The summed E-state index contributed by atoms with van der Waals surface area (Å²) in [6.45, 7) is 10.2. The number of fused-ring (bicyclic) bond motifs is 2. The summed E-state index contributed by atoms with van der Waals surface area (Å²) in [5.74, 6) is 0.720. The van der Waals surface area contributed by atoms with E-state index in [9.17, 15) is 0 Å². The summed E-state index contributed by atoms with van der Waals surface area (Å²) in [7, 11) is 0. The molecule has 59 heavy (non-hydrogen) atoms. The lowest BCUT2D eigenvalue weighted by Gasteiger charge is -2.25. The fourth-order valence-electron chi connectivity index (χ4n) is 7.71. The minimum absolute atomic E-state index is 0. The standard InChI is InChI=1S/C50H46N8.CH4/c1-35(2)33-55-51-47-45(37-25-29-43(30-26-37)57(39-17-9-5-10-18-39)40-19-11-6-12-20-40)49-50(54-56(53-49)34-36(3)4)46(48(47)52-55)38-27-31-44(32-28-38)58(41-21-13-7-14-22-41)42-23-15-8-16-24-42;/h5-32,35-36H,33-34H2,1-4H3;1H4.